The fraction of sp³-hybridized carbons (Fsp3) is 0.733. The summed E-state index contributed by atoms with van der Waals surface area (Å²) >= 11 is 0. The SMILES string of the molecule is CN1C2CCC1CC(C(=O)CCc1nccn1C)C2. The van der Waals surface area contributed by atoms with Crippen molar-refractivity contribution in [3.63, 3.8) is 0 Å². The minimum Gasteiger partial charge on any atom is -0.338 e. The Bertz CT molecular complexity index is 454. The number of Topliss-reactive ketones (excluding diaryl/α,β-unsaturated/α-hetero) is 1. The molecule has 0 amide bonds. The predicted octanol–water partition coefficient (Wildman–Crippen LogP) is 1.79. The van der Waals surface area contributed by atoms with Crippen LogP contribution in [0.2, 0.25) is 0 Å². The molecule has 0 aromatic carbocycles. The number of ketones is 1. The van der Waals surface area contributed by atoms with Crippen LogP contribution in [0.15, 0.2) is 12.4 Å². The molecule has 1 aromatic heterocycles. The molecule has 0 aliphatic carbocycles. The van der Waals surface area contributed by atoms with Crippen molar-refractivity contribution in [2.24, 2.45) is 13.0 Å². The molecule has 2 bridgehead atoms. The summed E-state index contributed by atoms with van der Waals surface area (Å²) in [6.45, 7) is 0. The summed E-state index contributed by atoms with van der Waals surface area (Å²) in [5, 5.41) is 0. The molecular formula is C15H23N3O. The van der Waals surface area contributed by atoms with Gasteiger partial charge >= 0.3 is 0 Å². The quantitative estimate of drug-likeness (QED) is 0.829. The van der Waals surface area contributed by atoms with Crippen molar-refractivity contribution in [2.45, 2.75) is 50.6 Å². The second-order valence-electron chi connectivity index (χ2n) is 6.14. The number of hydrogen-bond donors (Lipinski definition) is 0. The van der Waals surface area contributed by atoms with E-state index in [1.807, 2.05) is 17.8 Å². The third-order valence-corrected chi connectivity index (χ3v) is 5.07. The number of nitrogens with zero attached hydrogens (tertiary/aromatic N) is 3. The molecule has 0 spiro atoms. The van der Waals surface area contributed by atoms with Crippen molar-refractivity contribution in [2.75, 3.05) is 7.05 Å². The molecule has 2 aliphatic heterocycles. The molecule has 2 fully saturated rings. The lowest BCUT2D eigenvalue weighted by atomic mass is 9.86. The maximum Gasteiger partial charge on any atom is 0.136 e. The van der Waals surface area contributed by atoms with E-state index in [0.717, 1.165) is 25.1 Å². The monoisotopic (exact) mass is 261 g/mol. The molecule has 2 aliphatic rings. The molecule has 4 heteroatoms. The summed E-state index contributed by atoms with van der Waals surface area (Å²) in [5.41, 5.74) is 0. The van der Waals surface area contributed by atoms with Crippen molar-refractivity contribution in [1.82, 2.24) is 14.5 Å². The first-order chi connectivity index (χ1) is 9.15. The molecular weight excluding hydrogens is 238 g/mol. The Morgan fingerprint density at radius 3 is 2.58 bits per heavy atom. The topological polar surface area (TPSA) is 38.1 Å². The molecule has 0 saturated carbocycles. The first-order valence-corrected chi connectivity index (χ1v) is 7.36. The normalized spacial score (nSPS) is 30.7. The molecule has 3 heterocycles. The van der Waals surface area contributed by atoms with E-state index in [9.17, 15) is 4.79 Å². The van der Waals surface area contributed by atoms with Crippen molar-refractivity contribution in [3.8, 4) is 0 Å². The lowest BCUT2D eigenvalue weighted by Gasteiger charge is -2.35. The van der Waals surface area contributed by atoms with Crippen LogP contribution in [0.25, 0.3) is 0 Å². The van der Waals surface area contributed by atoms with E-state index in [1.54, 1.807) is 6.20 Å². The third-order valence-electron chi connectivity index (χ3n) is 5.07. The van der Waals surface area contributed by atoms with Crippen LogP contribution in [0.3, 0.4) is 0 Å². The zero-order valence-corrected chi connectivity index (χ0v) is 11.9. The Morgan fingerprint density at radius 1 is 1.32 bits per heavy atom. The summed E-state index contributed by atoms with van der Waals surface area (Å²) in [5.74, 6) is 1.77. The molecule has 1 aromatic rings. The molecule has 4 nitrogen and oxygen atoms in total. The number of piperidine rings is 1. The van der Waals surface area contributed by atoms with E-state index < -0.39 is 0 Å². The van der Waals surface area contributed by atoms with Gasteiger partial charge in [-0.1, -0.05) is 0 Å². The number of aromatic nitrogens is 2. The van der Waals surface area contributed by atoms with Crippen LogP contribution < -0.4 is 0 Å². The van der Waals surface area contributed by atoms with E-state index in [4.69, 9.17) is 0 Å². The second kappa shape index (κ2) is 5.08. The Labute approximate surface area is 114 Å². The summed E-state index contributed by atoms with van der Waals surface area (Å²) < 4.78 is 2.01. The van der Waals surface area contributed by atoms with Crippen molar-refractivity contribution in [1.29, 1.82) is 0 Å². The van der Waals surface area contributed by atoms with Gasteiger partial charge in [0.25, 0.3) is 0 Å². The summed E-state index contributed by atoms with van der Waals surface area (Å²) in [6, 6.07) is 1.31. The molecule has 0 N–H and O–H groups in total. The van der Waals surface area contributed by atoms with Crippen LogP contribution in [0.1, 0.15) is 37.9 Å². The molecule has 2 atom stereocenters. The largest absolute Gasteiger partial charge is 0.338 e. The Balaban J connectivity index is 1.55. The highest BCUT2D eigenvalue weighted by atomic mass is 16.1. The maximum atomic E-state index is 12.4. The van der Waals surface area contributed by atoms with Crippen LogP contribution in [0.5, 0.6) is 0 Å². The molecule has 104 valence electrons. The highest BCUT2D eigenvalue weighted by Crippen LogP contribution is 2.38. The van der Waals surface area contributed by atoms with Crippen LogP contribution in [-0.4, -0.2) is 39.4 Å². The standard InChI is InChI=1S/C15H23N3O/c1-17-8-7-16-15(17)6-5-14(19)11-9-12-3-4-13(10-11)18(12)2/h7-8,11-13H,3-6,9-10H2,1-2H3. The van der Waals surface area contributed by atoms with Crippen LogP contribution in [-0.2, 0) is 18.3 Å². The predicted molar refractivity (Wildman–Crippen MR) is 73.8 cm³/mol. The smallest absolute Gasteiger partial charge is 0.136 e. The van der Waals surface area contributed by atoms with Crippen LogP contribution in [0, 0.1) is 5.92 Å². The summed E-state index contributed by atoms with van der Waals surface area (Å²) in [6.07, 6.45) is 9.89. The van der Waals surface area contributed by atoms with Crippen molar-refractivity contribution < 1.29 is 4.79 Å². The first kappa shape index (κ1) is 12.9. The second-order valence-corrected chi connectivity index (χ2v) is 6.14. The van der Waals surface area contributed by atoms with Crippen molar-refractivity contribution >= 4 is 5.78 Å². The minimum atomic E-state index is 0.300. The molecule has 19 heavy (non-hydrogen) atoms. The van der Waals surface area contributed by atoms with Gasteiger partial charge < -0.3 is 9.47 Å². The lowest BCUT2D eigenvalue weighted by Crippen LogP contribution is -2.42. The van der Waals surface area contributed by atoms with Gasteiger partial charge in [0, 0.05) is 50.3 Å². The number of fused-ring (bicyclic) bond motifs is 2. The molecule has 2 unspecified atom stereocenters. The molecule has 0 radical (unpaired) electrons. The Hall–Kier alpha value is -1.16. The minimum absolute atomic E-state index is 0.300. The third kappa shape index (κ3) is 2.46. The van der Waals surface area contributed by atoms with Gasteiger partial charge in [0.2, 0.25) is 0 Å². The van der Waals surface area contributed by atoms with Gasteiger partial charge in [-0.05, 0) is 32.7 Å². The number of carbonyl (C=O) groups is 1. The van der Waals surface area contributed by atoms with Gasteiger partial charge in [-0.2, -0.15) is 0 Å². The van der Waals surface area contributed by atoms with Gasteiger partial charge in [-0.15, -0.1) is 0 Å². The average Bonchev–Trinajstić information content (AvgIpc) is 2.87. The van der Waals surface area contributed by atoms with E-state index in [0.29, 0.717) is 30.2 Å². The van der Waals surface area contributed by atoms with Gasteiger partial charge in [-0.3, -0.25) is 4.79 Å². The first-order valence-electron chi connectivity index (χ1n) is 7.36. The van der Waals surface area contributed by atoms with Gasteiger partial charge in [0.15, 0.2) is 0 Å². The molecule has 2 saturated heterocycles. The summed E-state index contributed by atoms with van der Waals surface area (Å²) in [7, 11) is 4.21. The number of carbonyl (C=O) groups excluding carboxylic acids is 1. The van der Waals surface area contributed by atoms with Gasteiger partial charge in [0.1, 0.15) is 11.6 Å². The fourth-order valence-corrected chi connectivity index (χ4v) is 3.75. The number of rotatable bonds is 4. The lowest BCUT2D eigenvalue weighted by molar-refractivity contribution is -0.125. The number of aryl methyl sites for hydroxylation is 2. The highest BCUT2D eigenvalue weighted by Gasteiger charge is 2.40. The van der Waals surface area contributed by atoms with E-state index in [-0.39, 0.29) is 0 Å². The van der Waals surface area contributed by atoms with E-state index in [2.05, 4.69) is 16.9 Å². The van der Waals surface area contributed by atoms with Crippen molar-refractivity contribution in [3.05, 3.63) is 18.2 Å². The Morgan fingerprint density at radius 2 is 2.00 bits per heavy atom. The van der Waals surface area contributed by atoms with Gasteiger partial charge in [0.05, 0.1) is 0 Å². The highest BCUT2D eigenvalue weighted by molar-refractivity contribution is 5.81. The fourth-order valence-electron chi connectivity index (χ4n) is 3.75. The number of hydrogen-bond acceptors (Lipinski definition) is 3. The zero-order chi connectivity index (χ0) is 13.4. The zero-order valence-electron chi connectivity index (χ0n) is 11.9. The maximum absolute atomic E-state index is 12.4. The average molecular weight is 261 g/mol. The van der Waals surface area contributed by atoms with Gasteiger partial charge in [-0.25, -0.2) is 4.98 Å². The summed E-state index contributed by atoms with van der Waals surface area (Å²) in [4.78, 5) is 19.2. The van der Waals surface area contributed by atoms with Crippen LogP contribution in [0.4, 0.5) is 0 Å². The van der Waals surface area contributed by atoms with Crippen LogP contribution >= 0.6 is 0 Å². The van der Waals surface area contributed by atoms with E-state index >= 15 is 0 Å². The Kier molecular flexibility index (Phi) is 3.44. The molecule has 3 rings (SSSR count). The van der Waals surface area contributed by atoms with E-state index in [1.165, 1.54) is 12.8 Å². The number of imidazole rings is 1.